The molecule has 0 atom stereocenters. The van der Waals surface area contributed by atoms with Crippen molar-refractivity contribution in [2.45, 2.75) is 19.9 Å². The highest BCUT2D eigenvalue weighted by Crippen LogP contribution is 2.33. The molecule has 0 saturated heterocycles. The highest BCUT2D eigenvalue weighted by atomic mass is 32.1. The summed E-state index contributed by atoms with van der Waals surface area (Å²) < 4.78 is 1.07. The Hall–Kier alpha value is -2.66. The number of aliphatic hydroxyl groups excluding tert-OH is 1. The molecule has 0 radical (unpaired) electrons. The van der Waals surface area contributed by atoms with Crippen LogP contribution in [0, 0.1) is 5.41 Å². The SMILES string of the molecule is CCc1ccc(CN2CC(O)=C(c3nc4ccccc4s3)C2=N)cc1. The van der Waals surface area contributed by atoms with Gasteiger partial charge in [-0.3, -0.25) is 5.41 Å². The third-order valence-corrected chi connectivity index (χ3v) is 5.55. The lowest BCUT2D eigenvalue weighted by Gasteiger charge is -2.18. The maximum Gasteiger partial charge on any atom is 0.135 e. The van der Waals surface area contributed by atoms with Gasteiger partial charge in [0.1, 0.15) is 16.6 Å². The molecule has 126 valence electrons. The van der Waals surface area contributed by atoms with E-state index >= 15 is 0 Å². The van der Waals surface area contributed by atoms with Crippen molar-refractivity contribution in [3.63, 3.8) is 0 Å². The number of fused-ring (bicyclic) bond motifs is 1. The van der Waals surface area contributed by atoms with Crippen molar-refractivity contribution >= 4 is 33.0 Å². The van der Waals surface area contributed by atoms with Crippen molar-refractivity contribution in [2.24, 2.45) is 0 Å². The molecule has 0 unspecified atom stereocenters. The number of thiazole rings is 1. The van der Waals surface area contributed by atoms with Crippen LogP contribution >= 0.6 is 11.3 Å². The van der Waals surface area contributed by atoms with E-state index in [4.69, 9.17) is 5.41 Å². The molecule has 4 rings (SSSR count). The van der Waals surface area contributed by atoms with Gasteiger partial charge in [-0.1, -0.05) is 43.3 Å². The molecule has 0 bridgehead atoms. The monoisotopic (exact) mass is 349 g/mol. The van der Waals surface area contributed by atoms with Crippen LogP contribution in [0.15, 0.2) is 54.3 Å². The van der Waals surface area contributed by atoms with E-state index in [1.807, 2.05) is 29.2 Å². The minimum Gasteiger partial charge on any atom is -0.510 e. The van der Waals surface area contributed by atoms with Gasteiger partial charge in [0.2, 0.25) is 0 Å². The number of hydrogen-bond acceptors (Lipinski definition) is 4. The van der Waals surface area contributed by atoms with Crippen LogP contribution in [-0.4, -0.2) is 27.4 Å². The smallest absolute Gasteiger partial charge is 0.135 e. The van der Waals surface area contributed by atoms with Gasteiger partial charge in [-0.05, 0) is 29.7 Å². The summed E-state index contributed by atoms with van der Waals surface area (Å²) in [7, 11) is 0. The van der Waals surface area contributed by atoms with Crippen molar-refractivity contribution in [1.29, 1.82) is 5.41 Å². The van der Waals surface area contributed by atoms with E-state index in [2.05, 4.69) is 36.2 Å². The number of hydrogen-bond donors (Lipinski definition) is 2. The largest absolute Gasteiger partial charge is 0.510 e. The lowest BCUT2D eigenvalue weighted by Crippen LogP contribution is -2.26. The molecule has 3 aromatic rings. The molecule has 0 amide bonds. The third-order valence-electron chi connectivity index (χ3n) is 4.49. The van der Waals surface area contributed by atoms with Crippen molar-refractivity contribution in [3.8, 4) is 0 Å². The summed E-state index contributed by atoms with van der Waals surface area (Å²) >= 11 is 1.52. The highest BCUT2D eigenvalue weighted by molar-refractivity contribution is 7.19. The average molecular weight is 349 g/mol. The second-order valence-electron chi connectivity index (χ2n) is 6.18. The minimum absolute atomic E-state index is 0.231. The fourth-order valence-electron chi connectivity index (χ4n) is 3.07. The van der Waals surface area contributed by atoms with Gasteiger partial charge >= 0.3 is 0 Å². The Balaban J connectivity index is 1.58. The van der Waals surface area contributed by atoms with E-state index in [9.17, 15) is 5.11 Å². The minimum atomic E-state index is 0.231. The Morgan fingerprint density at radius 2 is 1.84 bits per heavy atom. The summed E-state index contributed by atoms with van der Waals surface area (Å²) in [5.74, 6) is 0.574. The van der Waals surface area contributed by atoms with E-state index in [0.29, 0.717) is 29.5 Å². The molecular formula is C20H19N3OS. The van der Waals surface area contributed by atoms with Crippen LogP contribution in [0.4, 0.5) is 0 Å². The number of para-hydroxylation sites is 1. The summed E-state index contributed by atoms with van der Waals surface area (Å²) in [4.78, 5) is 6.48. The average Bonchev–Trinajstić information content (AvgIpc) is 3.16. The summed E-state index contributed by atoms with van der Waals surface area (Å²) in [6.07, 6.45) is 1.02. The summed E-state index contributed by atoms with van der Waals surface area (Å²) in [5, 5.41) is 19.7. The van der Waals surface area contributed by atoms with Gasteiger partial charge in [0.15, 0.2) is 0 Å². The first-order valence-corrected chi connectivity index (χ1v) is 9.17. The molecule has 2 heterocycles. The lowest BCUT2D eigenvalue weighted by molar-refractivity contribution is 0.347. The Morgan fingerprint density at radius 1 is 1.12 bits per heavy atom. The zero-order valence-corrected chi connectivity index (χ0v) is 14.8. The van der Waals surface area contributed by atoms with Crippen LogP contribution < -0.4 is 0 Å². The maximum atomic E-state index is 10.4. The van der Waals surface area contributed by atoms with Gasteiger partial charge in [0.05, 0.1) is 22.3 Å². The first-order chi connectivity index (χ1) is 12.2. The Kier molecular flexibility index (Phi) is 4.01. The van der Waals surface area contributed by atoms with Crippen molar-refractivity contribution in [2.75, 3.05) is 6.54 Å². The standard InChI is InChI=1S/C20H19N3OS/c1-2-13-7-9-14(10-8-13)11-23-12-16(24)18(19(23)21)20-22-15-5-3-4-6-17(15)25-20/h3-10,21,24H,2,11-12H2,1H3. The fraction of sp³-hybridized carbons (Fsp3) is 0.200. The first-order valence-electron chi connectivity index (χ1n) is 8.35. The second-order valence-corrected chi connectivity index (χ2v) is 7.21. The van der Waals surface area contributed by atoms with E-state index < -0.39 is 0 Å². The Bertz CT molecular complexity index is 939. The van der Waals surface area contributed by atoms with Crippen molar-refractivity contribution in [3.05, 3.63) is 70.4 Å². The van der Waals surface area contributed by atoms with Crippen LogP contribution in [-0.2, 0) is 13.0 Å². The first kappa shape index (κ1) is 15.8. The topological polar surface area (TPSA) is 60.2 Å². The number of aromatic nitrogens is 1. The summed E-state index contributed by atoms with van der Waals surface area (Å²) in [6.45, 7) is 3.11. The molecule has 0 aliphatic carbocycles. The predicted octanol–water partition coefficient (Wildman–Crippen LogP) is 4.62. The molecule has 2 aromatic carbocycles. The van der Waals surface area contributed by atoms with Gasteiger partial charge in [-0.15, -0.1) is 11.3 Å². The van der Waals surface area contributed by atoms with E-state index in [1.54, 1.807) is 0 Å². The zero-order valence-electron chi connectivity index (χ0n) is 14.0. The van der Waals surface area contributed by atoms with Gasteiger partial charge in [0, 0.05) is 6.54 Å². The van der Waals surface area contributed by atoms with Gasteiger partial charge in [-0.25, -0.2) is 4.98 Å². The maximum absolute atomic E-state index is 10.4. The lowest BCUT2D eigenvalue weighted by atomic mass is 10.1. The number of benzene rings is 2. The van der Waals surface area contributed by atoms with E-state index in [-0.39, 0.29) is 5.76 Å². The highest BCUT2D eigenvalue weighted by Gasteiger charge is 2.30. The molecule has 0 fully saturated rings. The third kappa shape index (κ3) is 2.91. The van der Waals surface area contributed by atoms with Gasteiger partial charge in [0.25, 0.3) is 0 Å². The molecule has 25 heavy (non-hydrogen) atoms. The molecular weight excluding hydrogens is 330 g/mol. The molecule has 2 N–H and O–H groups in total. The van der Waals surface area contributed by atoms with E-state index in [0.717, 1.165) is 22.2 Å². The summed E-state index contributed by atoms with van der Waals surface area (Å²) in [6, 6.07) is 16.3. The number of nitrogens with one attached hydrogen (secondary N) is 1. The molecule has 0 saturated carbocycles. The molecule has 1 aromatic heterocycles. The van der Waals surface area contributed by atoms with Crippen molar-refractivity contribution < 1.29 is 5.11 Å². The number of nitrogens with zero attached hydrogens (tertiary/aromatic N) is 2. The number of amidine groups is 1. The van der Waals surface area contributed by atoms with Crippen LogP contribution in [0.5, 0.6) is 0 Å². The van der Waals surface area contributed by atoms with Crippen LogP contribution in [0.25, 0.3) is 15.8 Å². The second kappa shape index (κ2) is 6.33. The molecule has 5 heteroatoms. The molecule has 4 nitrogen and oxygen atoms in total. The number of aryl methyl sites for hydroxylation is 1. The normalized spacial score (nSPS) is 14.8. The molecule has 1 aliphatic rings. The number of rotatable bonds is 4. The number of aliphatic hydroxyl groups is 1. The summed E-state index contributed by atoms with van der Waals surface area (Å²) in [5.41, 5.74) is 3.91. The Morgan fingerprint density at radius 3 is 2.56 bits per heavy atom. The fourth-order valence-corrected chi connectivity index (χ4v) is 4.11. The van der Waals surface area contributed by atoms with Crippen LogP contribution in [0.1, 0.15) is 23.1 Å². The Labute approximate surface area is 150 Å². The zero-order chi connectivity index (χ0) is 17.4. The van der Waals surface area contributed by atoms with Gasteiger partial charge in [-0.2, -0.15) is 0 Å². The van der Waals surface area contributed by atoms with Crippen LogP contribution in [0.2, 0.25) is 0 Å². The quantitative estimate of drug-likeness (QED) is 0.722. The molecule has 0 spiro atoms. The van der Waals surface area contributed by atoms with Crippen LogP contribution in [0.3, 0.4) is 0 Å². The predicted molar refractivity (Wildman–Crippen MR) is 103 cm³/mol. The molecule has 1 aliphatic heterocycles. The van der Waals surface area contributed by atoms with Crippen molar-refractivity contribution in [1.82, 2.24) is 9.88 Å². The van der Waals surface area contributed by atoms with E-state index in [1.165, 1.54) is 16.9 Å². The van der Waals surface area contributed by atoms with Gasteiger partial charge < -0.3 is 10.0 Å².